The minimum absolute atomic E-state index is 0. The van der Waals surface area contributed by atoms with Gasteiger partial charge in [-0.2, -0.15) is 0 Å². The zero-order chi connectivity index (χ0) is 26.9. The number of aromatic nitrogens is 1. The van der Waals surface area contributed by atoms with E-state index in [0.29, 0.717) is 40.6 Å². The SMILES string of the molecule is CN(C)CCCN(C(=O)c1ccc(S(=O)(=O)N2CCCc3ccccc32)cc1)c1nc2c(F)cccc2s1.Cl. The number of nitrogens with zero attached hydrogens (tertiary/aromatic N) is 4. The molecule has 0 radical (unpaired) electrons. The number of carbonyl (C=O) groups excluding carboxylic acids is 1. The van der Waals surface area contributed by atoms with E-state index >= 15 is 0 Å². The van der Waals surface area contributed by atoms with E-state index in [2.05, 4.69) is 4.98 Å². The zero-order valence-corrected chi connectivity index (χ0v) is 24.2. The Bertz CT molecular complexity index is 1580. The largest absolute Gasteiger partial charge is 0.309 e. The fourth-order valence-electron chi connectivity index (χ4n) is 4.65. The van der Waals surface area contributed by atoms with Gasteiger partial charge in [0.15, 0.2) is 5.13 Å². The molecule has 11 heteroatoms. The summed E-state index contributed by atoms with van der Waals surface area (Å²) in [5.74, 6) is -0.741. The second kappa shape index (κ2) is 12.0. The summed E-state index contributed by atoms with van der Waals surface area (Å²) >= 11 is 1.26. The molecule has 7 nitrogen and oxygen atoms in total. The predicted molar refractivity (Wildman–Crippen MR) is 157 cm³/mol. The average molecular weight is 589 g/mol. The summed E-state index contributed by atoms with van der Waals surface area (Å²) in [6, 6.07) is 18.3. The van der Waals surface area contributed by atoms with Gasteiger partial charge in [0.2, 0.25) is 0 Å². The van der Waals surface area contributed by atoms with Crippen molar-refractivity contribution in [3.8, 4) is 0 Å². The first-order chi connectivity index (χ1) is 18.3. The van der Waals surface area contributed by atoms with E-state index in [-0.39, 0.29) is 28.7 Å². The van der Waals surface area contributed by atoms with Crippen LogP contribution in [-0.2, 0) is 16.4 Å². The van der Waals surface area contributed by atoms with Gasteiger partial charge in [-0.1, -0.05) is 35.6 Å². The molecule has 1 aliphatic rings. The van der Waals surface area contributed by atoms with Gasteiger partial charge in [0.05, 0.1) is 15.3 Å². The standard InChI is InChI=1S/C28H29FN4O3S2.ClH/c1-31(2)17-7-18-32(28-30-26-23(29)10-5-12-25(26)37-28)27(34)21-13-15-22(16-14-21)38(35,36)33-19-6-9-20-8-3-4-11-24(20)33;/h3-5,8,10-16H,6-7,9,17-19H2,1-2H3;1H. The van der Waals surface area contributed by atoms with Gasteiger partial charge in [-0.15, -0.1) is 12.4 Å². The maximum Gasteiger partial charge on any atom is 0.264 e. The number of fused-ring (bicyclic) bond motifs is 2. The number of thiazole rings is 1. The van der Waals surface area contributed by atoms with Crippen LogP contribution in [0.4, 0.5) is 15.2 Å². The number of amides is 1. The first-order valence-electron chi connectivity index (χ1n) is 12.5. The van der Waals surface area contributed by atoms with Crippen LogP contribution in [0.25, 0.3) is 10.2 Å². The molecule has 0 saturated carbocycles. The first kappa shape index (κ1) is 28.9. The van der Waals surface area contributed by atoms with Crippen LogP contribution in [-0.4, -0.2) is 57.9 Å². The fourth-order valence-corrected chi connectivity index (χ4v) is 7.19. The number of hydrogen-bond donors (Lipinski definition) is 0. The molecule has 1 aliphatic heterocycles. The summed E-state index contributed by atoms with van der Waals surface area (Å²) in [6.45, 7) is 1.56. The Morgan fingerprint density at radius 2 is 1.77 bits per heavy atom. The number of para-hydroxylation sites is 2. The monoisotopic (exact) mass is 588 g/mol. The second-order valence-electron chi connectivity index (χ2n) is 9.53. The highest BCUT2D eigenvalue weighted by atomic mass is 35.5. The van der Waals surface area contributed by atoms with Crippen LogP contribution in [0.5, 0.6) is 0 Å². The predicted octanol–water partition coefficient (Wildman–Crippen LogP) is 5.60. The number of halogens is 2. The minimum atomic E-state index is -3.79. The van der Waals surface area contributed by atoms with E-state index in [9.17, 15) is 17.6 Å². The molecular weight excluding hydrogens is 559 g/mol. The highest BCUT2D eigenvalue weighted by molar-refractivity contribution is 7.92. The third kappa shape index (κ3) is 5.94. The van der Waals surface area contributed by atoms with Gasteiger partial charge in [-0.3, -0.25) is 14.0 Å². The fraction of sp³-hybridized carbons (Fsp3) is 0.286. The number of sulfonamides is 1. The van der Waals surface area contributed by atoms with Gasteiger partial charge in [0.25, 0.3) is 15.9 Å². The Morgan fingerprint density at radius 3 is 2.49 bits per heavy atom. The Labute approximate surface area is 238 Å². The van der Waals surface area contributed by atoms with Crippen LogP contribution in [0.2, 0.25) is 0 Å². The molecule has 0 N–H and O–H groups in total. The van der Waals surface area contributed by atoms with Gasteiger partial charge in [0.1, 0.15) is 11.3 Å². The molecule has 1 amide bonds. The Kier molecular flexibility index (Phi) is 8.90. The Balaban J connectivity index is 0.00000353. The van der Waals surface area contributed by atoms with Crippen LogP contribution in [0, 0.1) is 5.82 Å². The molecule has 39 heavy (non-hydrogen) atoms. The van der Waals surface area contributed by atoms with Gasteiger partial charge >= 0.3 is 0 Å². The van der Waals surface area contributed by atoms with Gasteiger partial charge in [-0.25, -0.2) is 17.8 Å². The second-order valence-corrected chi connectivity index (χ2v) is 12.4. The van der Waals surface area contributed by atoms with Crippen molar-refractivity contribution in [3.05, 3.63) is 83.7 Å². The molecule has 0 fully saturated rings. The van der Waals surface area contributed by atoms with Crippen molar-refractivity contribution in [3.63, 3.8) is 0 Å². The third-order valence-corrected chi connectivity index (χ3v) is 9.45. The molecule has 0 aliphatic carbocycles. The van der Waals surface area contributed by atoms with E-state index in [4.69, 9.17) is 0 Å². The molecule has 2 heterocycles. The van der Waals surface area contributed by atoms with Crippen molar-refractivity contribution in [1.82, 2.24) is 9.88 Å². The number of anilines is 2. The summed E-state index contributed by atoms with van der Waals surface area (Å²) in [5.41, 5.74) is 2.29. The van der Waals surface area contributed by atoms with Crippen LogP contribution < -0.4 is 9.21 Å². The zero-order valence-electron chi connectivity index (χ0n) is 21.7. The topological polar surface area (TPSA) is 73.8 Å². The van der Waals surface area contributed by atoms with Crippen molar-refractivity contribution >= 4 is 60.7 Å². The number of carbonyl (C=O) groups is 1. The molecular formula is C28H30ClFN4O3S2. The number of hydrogen-bond acceptors (Lipinski definition) is 6. The lowest BCUT2D eigenvalue weighted by Crippen LogP contribution is -2.35. The van der Waals surface area contributed by atoms with Crippen molar-refractivity contribution in [1.29, 1.82) is 0 Å². The summed E-state index contributed by atoms with van der Waals surface area (Å²) in [6.07, 6.45) is 2.28. The van der Waals surface area contributed by atoms with Crippen LogP contribution in [0.15, 0.2) is 71.6 Å². The lowest BCUT2D eigenvalue weighted by molar-refractivity contribution is 0.0986. The third-order valence-electron chi connectivity index (χ3n) is 6.58. The van der Waals surface area contributed by atoms with E-state index in [0.717, 1.165) is 24.9 Å². The Hall–Kier alpha value is -3.05. The Morgan fingerprint density at radius 1 is 1.03 bits per heavy atom. The molecule has 206 valence electrons. The normalized spacial score (nSPS) is 13.3. The van der Waals surface area contributed by atoms with E-state index in [1.165, 1.54) is 46.0 Å². The first-order valence-corrected chi connectivity index (χ1v) is 14.7. The van der Waals surface area contributed by atoms with Crippen molar-refractivity contribution in [2.75, 3.05) is 42.9 Å². The average Bonchev–Trinajstić information content (AvgIpc) is 3.36. The van der Waals surface area contributed by atoms with E-state index < -0.39 is 15.8 Å². The maximum absolute atomic E-state index is 14.3. The molecule has 0 bridgehead atoms. The van der Waals surface area contributed by atoms with Crippen molar-refractivity contribution < 1.29 is 17.6 Å². The molecule has 4 aromatic rings. The van der Waals surface area contributed by atoms with Crippen LogP contribution in [0.1, 0.15) is 28.8 Å². The van der Waals surface area contributed by atoms with Crippen molar-refractivity contribution in [2.45, 2.75) is 24.2 Å². The number of benzene rings is 3. The highest BCUT2D eigenvalue weighted by Crippen LogP contribution is 2.33. The molecule has 3 aromatic carbocycles. The lowest BCUT2D eigenvalue weighted by atomic mass is 10.0. The summed E-state index contributed by atoms with van der Waals surface area (Å²) in [5, 5.41) is 0.412. The smallest absolute Gasteiger partial charge is 0.264 e. The van der Waals surface area contributed by atoms with Gasteiger partial charge in [-0.05, 0) is 87.9 Å². The molecule has 0 spiro atoms. The molecule has 0 atom stereocenters. The molecule has 0 unspecified atom stereocenters. The van der Waals surface area contributed by atoms with Crippen LogP contribution >= 0.6 is 23.7 Å². The summed E-state index contributed by atoms with van der Waals surface area (Å²) in [4.78, 5) is 21.8. The minimum Gasteiger partial charge on any atom is -0.309 e. The van der Waals surface area contributed by atoms with Crippen molar-refractivity contribution in [2.24, 2.45) is 0 Å². The van der Waals surface area contributed by atoms with Gasteiger partial charge in [0, 0.05) is 18.7 Å². The molecule has 0 saturated heterocycles. The number of rotatable bonds is 8. The highest BCUT2D eigenvalue weighted by Gasteiger charge is 2.29. The van der Waals surface area contributed by atoms with E-state index in [1.54, 1.807) is 17.0 Å². The summed E-state index contributed by atoms with van der Waals surface area (Å²) < 4.78 is 43.4. The van der Waals surface area contributed by atoms with Gasteiger partial charge < -0.3 is 4.90 Å². The van der Waals surface area contributed by atoms with E-state index in [1.807, 2.05) is 43.3 Å². The number of aryl methyl sites for hydroxylation is 1. The summed E-state index contributed by atoms with van der Waals surface area (Å²) in [7, 11) is 0.130. The maximum atomic E-state index is 14.3. The van der Waals surface area contributed by atoms with Crippen LogP contribution in [0.3, 0.4) is 0 Å². The lowest BCUT2D eigenvalue weighted by Gasteiger charge is -2.30. The molecule has 1 aromatic heterocycles. The quantitative estimate of drug-likeness (QED) is 0.268. The molecule has 5 rings (SSSR count).